The third kappa shape index (κ3) is 2.53. The van der Waals surface area contributed by atoms with Gasteiger partial charge in [0.05, 0.1) is 4.34 Å². The second kappa shape index (κ2) is 4.88. The molecular formula is C13H19ClN2S. The molecule has 17 heavy (non-hydrogen) atoms. The topological polar surface area (TPSA) is 15.3 Å². The van der Waals surface area contributed by atoms with Crippen LogP contribution in [-0.4, -0.2) is 30.1 Å². The zero-order chi connectivity index (χ0) is 11.8. The molecule has 1 N–H and O–H groups in total. The molecule has 4 heteroatoms. The standard InChI is InChI=1S/C13H19ClN2S/c1-9(12-4-5-13(14)17-12)16-7-6-10-2-3-11(8-16)15-10/h4-5,9-11,15H,2-3,6-8H2,1H3. The maximum absolute atomic E-state index is 6.03. The summed E-state index contributed by atoms with van der Waals surface area (Å²) in [6.07, 6.45) is 4.01. The quantitative estimate of drug-likeness (QED) is 0.887. The predicted molar refractivity (Wildman–Crippen MR) is 73.9 cm³/mol. The first-order chi connectivity index (χ1) is 8.22. The fraction of sp³-hybridized carbons (Fsp3) is 0.692. The van der Waals surface area contributed by atoms with Gasteiger partial charge in [0.15, 0.2) is 0 Å². The van der Waals surface area contributed by atoms with E-state index in [0.717, 1.165) is 10.4 Å². The number of fused-ring (bicyclic) bond motifs is 2. The van der Waals surface area contributed by atoms with E-state index in [9.17, 15) is 0 Å². The van der Waals surface area contributed by atoms with Gasteiger partial charge in [-0.3, -0.25) is 4.90 Å². The highest BCUT2D eigenvalue weighted by atomic mass is 35.5. The zero-order valence-electron chi connectivity index (χ0n) is 10.2. The van der Waals surface area contributed by atoms with Crippen LogP contribution in [0.25, 0.3) is 0 Å². The van der Waals surface area contributed by atoms with E-state index >= 15 is 0 Å². The molecule has 2 fully saturated rings. The molecule has 2 aliphatic rings. The molecule has 94 valence electrons. The van der Waals surface area contributed by atoms with Crippen LogP contribution in [0.15, 0.2) is 12.1 Å². The summed E-state index contributed by atoms with van der Waals surface area (Å²) in [4.78, 5) is 4.01. The maximum atomic E-state index is 6.03. The van der Waals surface area contributed by atoms with Gasteiger partial charge in [0.1, 0.15) is 0 Å². The molecule has 0 radical (unpaired) electrons. The van der Waals surface area contributed by atoms with Crippen molar-refractivity contribution in [3.05, 3.63) is 21.3 Å². The summed E-state index contributed by atoms with van der Waals surface area (Å²) in [6, 6.07) is 6.17. The monoisotopic (exact) mass is 270 g/mol. The van der Waals surface area contributed by atoms with Crippen molar-refractivity contribution in [2.24, 2.45) is 0 Å². The number of rotatable bonds is 2. The summed E-state index contributed by atoms with van der Waals surface area (Å²) in [5.74, 6) is 0. The van der Waals surface area contributed by atoms with Gasteiger partial charge in [0.2, 0.25) is 0 Å². The van der Waals surface area contributed by atoms with Crippen LogP contribution in [0.4, 0.5) is 0 Å². The number of halogens is 1. The minimum Gasteiger partial charge on any atom is -0.310 e. The first kappa shape index (κ1) is 12.0. The van der Waals surface area contributed by atoms with E-state index < -0.39 is 0 Å². The van der Waals surface area contributed by atoms with Gasteiger partial charge in [0.25, 0.3) is 0 Å². The average Bonchev–Trinajstić information content (AvgIpc) is 2.84. The van der Waals surface area contributed by atoms with Gasteiger partial charge in [0, 0.05) is 36.1 Å². The largest absolute Gasteiger partial charge is 0.310 e. The molecule has 0 amide bonds. The second-order valence-electron chi connectivity index (χ2n) is 5.24. The van der Waals surface area contributed by atoms with E-state index in [1.807, 2.05) is 6.07 Å². The average molecular weight is 271 g/mol. The van der Waals surface area contributed by atoms with Gasteiger partial charge in [-0.25, -0.2) is 0 Å². The van der Waals surface area contributed by atoms with Crippen molar-refractivity contribution in [3.8, 4) is 0 Å². The van der Waals surface area contributed by atoms with Gasteiger partial charge in [-0.2, -0.15) is 0 Å². The summed E-state index contributed by atoms with van der Waals surface area (Å²) in [6.45, 7) is 4.71. The van der Waals surface area contributed by atoms with Gasteiger partial charge in [-0.05, 0) is 38.3 Å². The molecule has 2 aliphatic heterocycles. The molecule has 0 aromatic carbocycles. The SMILES string of the molecule is CC(c1ccc(Cl)s1)N1CCC2CCC(C1)N2. The lowest BCUT2D eigenvalue weighted by Gasteiger charge is -2.29. The molecule has 0 aliphatic carbocycles. The normalized spacial score (nSPS) is 31.4. The molecule has 1 aromatic rings. The first-order valence-corrected chi connectivity index (χ1v) is 7.67. The fourth-order valence-corrected chi connectivity index (χ4v) is 4.20. The second-order valence-corrected chi connectivity index (χ2v) is 6.99. The van der Waals surface area contributed by atoms with E-state index in [1.165, 1.54) is 37.2 Å². The zero-order valence-corrected chi connectivity index (χ0v) is 11.7. The van der Waals surface area contributed by atoms with E-state index in [-0.39, 0.29) is 0 Å². The Bertz CT molecular complexity index is 393. The Kier molecular flexibility index (Phi) is 3.44. The van der Waals surface area contributed by atoms with E-state index in [2.05, 4.69) is 23.2 Å². The maximum Gasteiger partial charge on any atom is 0.0931 e. The predicted octanol–water partition coefficient (Wildman–Crippen LogP) is 3.29. The number of hydrogen-bond donors (Lipinski definition) is 1. The van der Waals surface area contributed by atoms with Crippen LogP contribution in [0.2, 0.25) is 4.34 Å². The molecule has 0 saturated carbocycles. The third-order valence-electron chi connectivity index (χ3n) is 4.11. The van der Waals surface area contributed by atoms with Crippen molar-refractivity contribution >= 4 is 22.9 Å². The minimum atomic E-state index is 0.508. The van der Waals surface area contributed by atoms with Crippen LogP contribution >= 0.6 is 22.9 Å². The number of nitrogens with zero attached hydrogens (tertiary/aromatic N) is 1. The third-order valence-corrected chi connectivity index (χ3v) is 5.51. The van der Waals surface area contributed by atoms with Gasteiger partial charge in [-0.1, -0.05) is 11.6 Å². The van der Waals surface area contributed by atoms with E-state index in [1.54, 1.807) is 11.3 Å². The summed E-state index contributed by atoms with van der Waals surface area (Å²) in [7, 11) is 0. The smallest absolute Gasteiger partial charge is 0.0931 e. The van der Waals surface area contributed by atoms with Crippen molar-refractivity contribution in [1.29, 1.82) is 0 Å². The van der Waals surface area contributed by atoms with Crippen LogP contribution in [-0.2, 0) is 0 Å². The Hall–Kier alpha value is -0.0900. The van der Waals surface area contributed by atoms with E-state index in [4.69, 9.17) is 11.6 Å². The Morgan fingerprint density at radius 1 is 1.35 bits per heavy atom. The van der Waals surface area contributed by atoms with Crippen LogP contribution in [0.3, 0.4) is 0 Å². The molecule has 2 bridgehead atoms. The fourth-order valence-electron chi connectivity index (χ4n) is 3.05. The van der Waals surface area contributed by atoms with Crippen molar-refractivity contribution in [3.63, 3.8) is 0 Å². The number of nitrogens with one attached hydrogen (secondary N) is 1. The van der Waals surface area contributed by atoms with Gasteiger partial charge in [-0.15, -0.1) is 11.3 Å². The Labute approximate surface area is 112 Å². The van der Waals surface area contributed by atoms with Gasteiger partial charge >= 0.3 is 0 Å². The van der Waals surface area contributed by atoms with Gasteiger partial charge < -0.3 is 5.32 Å². The molecule has 2 nitrogen and oxygen atoms in total. The molecule has 3 unspecified atom stereocenters. The summed E-state index contributed by atoms with van der Waals surface area (Å²) in [5.41, 5.74) is 0. The lowest BCUT2D eigenvalue weighted by atomic mass is 10.1. The molecule has 1 aromatic heterocycles. The van der Waals surface area contributed by atoms with Crippen LogP contribution in [0.1, 0.15) is 37.1 Å². The highest BCUT2D eigenvalue weighted by Crippen LogP contribution is 2.32. The Morgan fingerprint density at radius 3 is 2.94 bits per heavy atom. The Balaban J connectivity index is 1.71. The molecule has 3 atom stereocenters. The van der Waals surface area contributed by atoms with Crippen molar-refractivity contribution < 1.29 is 0 Å². The number of hydrogen-bond acceptors (Lipinski definition) is 3. The Morgan fingerprint density at radius 2 is 2.18 bits per heavy atom. The van der Waals surface area contributed by atoms with Crippen molar-refractivity contribution in [2.45, 2.75) is 44.3 Å². The van der Waals surface area contributed by atoms with E-state index in [0.29, 0.717) is 12.1 Å². The van der Waals surface area contributed by atoms with Crippen LogP contribution < -0.4 is 5.32 Å². The number of thiophene rings is 1. The molecule has 3 rings (SSSR count). The highest BCUT2D eigenvalue weighted by molar-refractivity contribution is 7.16. The number of likely N-dealkylation sites (tertiary alicyclic amines) is 1. The molecule has 2 saturated heterocycles. The minimum absolute atomic E-state index is 0.508. The molecule has 3 heterocycles. The lowest BCUT2D eigenvalue weighted by molar-refractivity contribution is 0.202. The molecule has 0 spiro atoms. The van der Waals surface area contributed by atoms with Crippen LogP contribution in [0.5, 0.6) is 0 Å². The van der Waals surface area contributed by atoms with Crippen molar-refractivity contribution in [1.82, 2.24) is 10.2 Å². The van der Waals surface area contributed by atoms with Crippen molar-refractivity contribution in [2.75, 3.05) is 13.1 Å². The summed E-state index contributed by atoms with van der Waals surface area (Å²) < 4.78 is 0.904. The lowest BCUT2D eigenvalue weighted by Crippen LogP contribution is -2.36. The molecular weight excluding hydrogens is 252 g/mol. The summed E-state index contributed by atoms with van der Waals surface area (Å²) in [5, 5.41) is 3.73. The summed E-state index contributed by atoms with van der Waals surface area (Å²) >= 11 is 7.75. The highest BCUT2D eigenvalue weighted by Gasteiger charge is 2.31. The first-order valence-electron chi connectivity index (χ1n) is 6.47. The van der Waals surface area contributed by atoms with Crippen LogP contribution in [0, 0.1) is 0 Å².